The summed E-state index contributed by atoms with van der Waals surface area (Å²) in [6, 6.07) is 10.2. The van der Waals surface area contributed by atoms with E-state index in [0.29, 0.717) is 23.9 Å². The van der Waals surface area contributed by atoms with Crippen LogP contribution in [0.4, 0.5) is 11.6 Å². The lowest BCUT2D eigenvalue weighted by atomic mass is 10.1. The number of anilines is 2. The van der Waals surface area contributed by atoms with Crippen LogP contribution in [-0.4, -0.2) is 16.6 Å². The summed E-state index contributed by atoms with van der Waals surface area (Å²) < 4.78 is 5.32. The summed E-state index contributed by atoms with van der Waals surface area (Å²) in [5.74, 6) is 0.466. The fraction of sp³-hybridized carbons (Fsp3) is 0.167. The number of rotatable bonds is 3. The summed E-state index contributed by atoms with van der Waals surface area (Å²) in [7, 11) is 0. The van der Waals surface area contributed by atoms with Crippen molar-refractivity contribution in [1.82, 2.24) is 9.97 Å². The molecule has 5 nitrogen and oxygen atoms in total. The minimum Gasteiger partial charge on any atom is -0.476 e. The van der Waals surface area contributed by atoms with E-state index in [0.717, 1.165) is 5.56 Å². The summed E-state index contributed by atoms with van der Waals surface area (Å²) in [6.45, 7) is 2.33. The van der Waals surface area contributed by atoms with Gasteiger partial charge in [0.05, 0.1) is 6.61 Å². The van der Waals surface area contributed by atoms with Gasteiger partial charge in [-0.3, -0.25) is 0 Å². The zero-order chi connectivity index (χ0) is 12.3. The lowest BCUT2D eigenvalue weighted by molar-refractivity contribution is 0.329. The molecule has 0 aliphatic carbocycles. The van der Waals surface area contributed by atoms with Crippen LogP contribution in [0.3, 0.4) is 0 Å². The first-order valence-electron chi connectivity index (χ1n) is 5.24. The first-order chi connectivity index (χ1) is 8.22. The van der Waals surface area contributed by atoms with Crippen molar-refractivity contribution in [3.05, 3.63) is 30.3 Å². The van der Waals surface area contributed by atoms with E-state index in [9.17, 15) is 0 Å². The van der Waals surface area contributed by atoms with Gasteiger partial charge in [0.15, 0.2) is 0 Å². The predicted molar refractivity (Wildman–Crippen MR) is 66.3 cm³/mol. The molecule has 0 unspecified atom stereocenters. The van der Waals surface area contributed by atoms with Gasteiger partial charge in [0.2, 0.25) is 11.8 Å². The van der Waals surface area contributed by atoms with Gasteiger partial charge in [-0.25, -0.2) is 4.98 Å². The first-order valence-corrected chi connectivity index (χ1v) is 5.24. The van der Waals surface area contributed by atoms with Crippen molar-refractivity contribution in [2.45, 2.75) is 6.92 Å². The molecule has 1 radical (unpaired) electrons. The van der Waals surface area contributed by atoms with Gasteiger partial charge >= 0.3 is 0 Å². The number of ether oxygens (including phenoxy) is 1. The van der Waals surface area contributed by atoms with E-state index in [-0.39, 0.29) is 5.95 Å². The second kappa shape index (κ2) is 4.69. The Balaban J connectivity index is 2.54. The monoisotopic (exact) mass is 229 g/mol. The van der Waals surface area contributed by atoms with Crippen molar-refractivity contribution in [2.24, 2.45) is 0 Å². The Labute approximate surface area is 99.5 Å². The standard InChI is InChI=1S/C12H13N4O/c1-2-17-11-9(13)10(15-12(14)16-11)8-6-4-3-5-7-8/h4-7H,2,13H2,1H3,(H2,14,15,16). The molecule has 0 aliphatic rings. The van der Waals surface area contributed by atoms with Crippen LogP contribution in [0.15, 0.2) is 24.3 Å². The Hall–Kier alpha value is -2.30. The highest BCUT2D eigenvalue weighted by molar-refractivity contribution is 5.76. The van der Waals surface area contributed by atoms with Crippen molar-refractivity contribution in [2.75, 3.05) is 18.1 Å². The minimum absolute atomic E-state index is 0.144. The average molecular weight is 229 g/mol. The van der Waals surface area contributed by atoms with E-state index in [4.69, 9.17) is 16.2 Å². The second-order valence-electron chi connectivity index (χ2n) is 3.37. The molecule has 2 rings (SSSR count). The Morgan fingerprint density at radius 1 is 1.24 bits per heavy atom. The molecule has 0 bridgehead atoms. The van der Waals surface area contributed by atoms with Gasteiger partial charge in [-0.1, -0.05) is 24.3 Å². The number of hydrogen-bond donors (Lipinski definition) is 2. The Morgan fingerprint density at radius 2 is 1.94 bits per heavy atom. The molecule has 0 amide bonds. The van der Waals surface area contributed by atoms with Crippen LogP contribution in [0, 0.1) is 6.07 Å². The molecular formula is C12H13N4O. The number of benzene rings is 1. The van der Waals surface area contributed by atoms with E-state index in [1.807, 2.05) is 19.1 Å². The Bertz CT molecular complexity index is 513. The molecule has 1 aromatic carbocycles. The van der Waals surface area contributed by atoms with Crippen LogP contribution in [0.25, 0.3) is 11.3 Å². The summed E-state index contributed by atoms with van der Waals surface area (Å²) in [4.78, 5) is 8.09. The van der Waals surface area contributed by atoms with Crippen molar-refractivity contribution in [3.8, 4) is 17.1 Å². The lowest BCUT2D eigenvalue weighted by Gasteiger charge is -2.10. The number of nitrogen functional groups attached to an aromatic ring is 2. The maximum atomic E-state index is 5.95. The van der Waals surface area contributed by atoms with Gasteiger partial charge in [-0.05, 0) is 13.0 Å². The van der Waals surface area contributed by atoms with E-state index in [2.05, 4.69) is 16.0 Å². The first kappa shape index (κ1) is 11.2. The summed E-state index contributed by atoms with van der Waals surface area (Å²) in [5.41, 5.74) is 13.4. The molecule has 87 valence electrons. The average Bonchev–Trinajstić information content (AvgIpc) is 2.35. The van der Waals surface area contributed by atoms with E-state index >= 15 is 0 Å². The van der Waals surface area contributed by atoms with Gasteiger partial charge in [-0.15, -0.1) is 0 Å². The van der Waals surface area contributed by atoms with Crippen molar-refractivity contribution in [3.63, 3.8) is 0 Å². The normalized spacial score (nSPS) is 10.2. The largest absolute Gasteiger partial charge is 0.476 e. The van der Waals surface area contributed by atoms with Crippen LogP contribution in [0.5, 0.6) is 5.88 Å². The Kier molecular flexibility index (Phi) is 3.09. The SMILES string of the molecule is CCOc1nc(N)nc(-c2cc[c]cc2)c1N. The highest BCUT2D eigenvalue weighted by atomic mass is 16.5. The van der Waals surface area contributed by atoms with Crippen LogP contribution in [-0.2, 0) is 0 Å². The minimum atomic E-state index is 0.144. The molecule has 0 saturated carbocycles. The molecule has 1 heterocycles. The highest BCUT2D eigenvalue weighted by Crippen LogP contribution is 2.30. The number of nitrogens with two attached hydrogens (primary N) is 2. The topological polar surface area (TPSA) is 87.0 Å². The smallest absolute Gasteiger partial charge is 0.242 e. The molecule has 4 N–H and O–H groups in total. The molecule has 17 heavy (non-hydrogen) atoms. The maximum absolute atomic E-state index is 5.95. The van der Waals surface area contributed by atoms with Gasteiger partial charge in [0.25, 0.3) is 0 Å². The highest BCUT2D eigenvalue weighted by Gasteiger charge is 2.12. The third kappa shape index (κ3) is 2.28. The van der Waals surface area contributed by atoms with Gasteiger partial charge in [-0.2, -0.15) is 4.98 Å². The fourth-order valence-corrected chi connectivity index (χ4v) is 1.48. The maximum Gasteiger partial charge on any atom is 0.242 e. The molecule has 1 aromatic heterocycles. The third-order valence-corrected chi connectivity index (χ3v) is 2.20. The van der Waals surface area contributed by atoms with Gasteiger partial charge in [0, 0.05) is 5.56 Å². The molecule has 2 aromatic rings. The van der Waals surface area contributed by atoms with Gasteiger partial charge < -0.3 is 16.2 Å². The zero-order valence-corrected chi connectivity index (χ0v) is 9.47. The third-order valence-electron chi connectivity index (χ3n) is 2.20. The Morgan fingerprint density at radius 3 is 2.59 bits per heavy atom. The zero-order valence-electron chi connectivity index (χ0n) is 9.47. The molecular weight excluding hydrogens is 216 g/mol. The fourth-order valence-electron chi connectivity index (χ4n) is 1.48. The summed E-state index contributed by atoms with van der Waals surface area (Å²) >= 11 is 0. The molecule has 5 heteroatoms. The quantitative estimate of drug-likeness (QED) is 0.832. The van der Waals surface area contributed by atoms with Crippen molar-refractivity contribution < 1.29 is 4.74 Å². The molecule has 0 aliphatic heterocycles. The number of aromatic nitrogens is 2. The molecule has 0 atom stereocenters. The lowest BCUT2D eigenvalue weighted by Crippen LogP contribution is -2.06. The summed E-state index contributed by atoms with van der Waals surface area (Å²) in [5, 5.41) is 0. The molecule has 0 fully saturated rings. The second-order valence-corrected chi connectivity index (χ2v) is 3.37. The van der Waals surface area contributed by atoms with Crippen molar-refractivity contribution in [1.29, 1.82) is 0 Å². The molecule has 0 spiro atoms. The van der Waals surface area contributed by atoms with Crippen molar-refractivity contribution >= 4 is 11.6 Å². The summed E-state index contributed by atoms with van der Waals surface area (Å²) in [6.07, 6.45) is 0. The predicted octanol–water partition coefficient (Wildman–Crippen LogP) is 1.51. The van der Waals surface area contributed by atoms with Crippen LogP contribution < -0.4 is 16.2 Å². The van der Waals surface area contributed by atoms with Crippen LogP contribution >= 0.6 is 0 Å². The van der Waals surface area contributed by atoms with E-state index in [1.54, 1.807) is 12.1 Å². The number of hydrogen-bond acceptors (Lipinski definition) is 5. The van der Waals surface area contributed by atoms with Gasteiger partial charge in [0.1, 0.15) is 11.4 Å². The molecule has 0 saturated heterocycles. The number of nitrogens with zero attached hydrogens (tertiary/aromatic N) is 2. The van der Waals surface area contributed by atoms with Crippen LogP contribution in [0.1, 0.15) is 6.92 Å². The van der Waals surface area contributed by atoms with E-state index in [1.165, 1.54) is 0 Å². The van der Waals surface area contributed by atoms with Crippen LogP contribution in [0.2, 0.25) is 0 Å². The van der Waals surface area contributed by atoms with E-state index < -0.39 is 0 Å².